The topological polar surface area (TPSA) is 102 Å². The predicted molar refractivity (Wildman–Crippen MR) is 137 cm³/mol. The number of hydrogen-bond acceptors (Lipinski definition) is 6. The van der Waals surface area contributed by atoms with E-state index in [2.05, 4.69) is 27.4 Å². The summed E-state index contributed by atoms with van der Waals surface area (Å²) in [5.74, 6) is -1.07. The third-order valence-electron chi connectivity index (χ3n) is 7.58. The van der Waals surface area contributed by atoms with E-state index in [0.717, 1.165) is 50.4 Å². The summed E-state index contributed by atoms with van der Waals surface area (Å²) in [6.45, 7) is 9.17. The number of nitrogens with one attached hydrogen (secondary N) is 2. The number of amides is 4. The Labute approximate surface area is 216 Å². The van der Waals surface area contributed by atoms with E-state index < -0.39 is 11.9 Å². The highest BCUT2D eigenvalue weighted by molar-refractivity contribution is 6.05. The SMILES string of the molecule is CCN1CCN(Cc2ccc(C(=O)NCc3ccc4c(c3)CN(C3CCC(=O)NC3=O)C4=O)cc2)CC1. The number of rotatable bonds is 7. The van der Waals surface area contributed by atoms with Crippen molar-refractivity contribution in [1.29, 1.82) is 0 Å². The molecule has 37 heavy (non-hydrogen) atoms. The van der Waals surface area contributed by atoms with Crippen molar-refractivity contribution in [2.45, 2.75) is 45.4 Å². The van der Waals surface area contributed by atoms with Gasteiger partial charge in [-0.25, -0.2) is 0 Å². The summed E-state index contributed by atoms with van der Waals surface area (Å²) in [6, 6.07) is 12.6. The minimum absolute atomic E-state index is 0.148. The fraction of sp³-hybridized carbons (Fsp3) is 0.429. The summed E-state index contributed by atoms with van der Waals surface area (Å²) >= 11 is 0. The first-order valence-electron chi connectivity index (χ1n) is 13.0. The second-order valence-electron chi connectivity index (χ2n) is 9.98. The van der Waals surface area contributed by atoms with Crippen LogP contribution in [0.5, 0.6) is 0 Å². The maximum Gasteiger partial charge on any atom is 0.255 e. The van der Waals surface area contributed by atoms with Gasteiger partial charge in [0, 0.05) is 63.4 Å². The molecule has 0 aromatic heterocycles. The number of imide groups is 1. The molecule has 0 spiro atoms. The van der Waals surface area contributed by atoms with Gasteiger partial charge in [-0.1, -0.05) is 31.2 Å². The summed E-state index contributed by atoms with van der Waals surface area (Å²) in [7, 11) is 0. The molecule has 2 aromatic carbocycles. The number of fused-ring (bicyclic) bond motifs is 1. The van der Waals surface area contributed by atoms with Crippen LogP contribution < -0.4 is 10.6 Å². The predicted octanol–water partition coefficient (Wildman–Crippen LogP) is 1.52. The first-order chi connectivity index (χ1) is 17.9. The fourth-order valence-electron chi connectivity index (χ4n) is 5.31. The van der Waals surface area contributed by atoms with E-state index in [-0.39, 0.29) is 24.1 Å². The van der Waals surface area contributed by atoms with E-state index in [1.807, 2.05) is 36.4 Å². The average molecular weight is 504 g/mol. The lowest BCUT2D eigenvalue weighted by Gasteiger charge is -2.34. The van der Waals surface area contributed by atoms with Crippen LogP contribution >= 0.6 is 0 Å². The summed E-state index contributed by atoms with van der Waals surface area (Å²) in [5.41, 5.74) is 4.08. The molecule has 194 valence electrons. The molecular formula is C28H33N5O4. The summed E-state index contributed by atoms with van der Waals surface area (Å²) < 4.78 is 0. The lowest BCUT2D eigenvalue weighted by atomic mass is 10.0. The Morgan fingerprint density at radius 1 is 0.973 bits per heavy atom. The molecule has 2 aromatic rings. The zero-order valence-electron chi connectivity index (χ0n) is 21.2. The van der Waals surface area contributed by atoms with Gasteiger partial charge in [0.25, 0.3) is 11.8 Å². The average Bonchev–Trinajstić information content (AvgIpc) is 3.23. The van der Waals surface area contributed by atoms with Gasteiger partial charge in [-0.05, 0) is 47.9 Å². The van der Waals surface area contributed by atoms with Crippen LogP contribution in [-0.4, -0.2) is 77.1 Å². The van der Waals surface area contributed by atoms with Crippen molar-refractivity contribution in [2.24, 2.45) is 0 Å². The Hall–Kier alpha value is -3.56. The number of carbonyl (C=O) groups excluding carboxylic acids is 4. The Morgan fingerprint density at radius 3 is 2.38 bits per heavy atom. The molecule has 3 aliphatic rings. The molecule has 3 heterocycles. The summed E-state index contributed by atoms with van der Waals surface area (Å²) in [4.78, 5) is 55.7. The van der Waals surface area contributed by atoms with Crippen LogP contribution in [0.4, 0.5) is 0 Å². The maximum atomic E-state index is 12.9. The van der Waals surface area contributed by atoms with E-state index in [1.165, 1.54) is 10.5 Å². The van der Waals surface area contributed by atoms with Gasteiger partial charge in [-0.2, -0.15) is 0 Å². The van der Waals surface area contributed by atoms with Crippen molar-refractivity contribution in [2.75, 3.05) is 32.7 Å². The van der Waals surface area contributed by atoms with Gasteiger partial charge >= 0.3 is 0 Å². The molecule has 2 N–H and O–H groups in total. The molecule has 2 fully saturated rings. The molecule has 1 atom stereocenters. The van der Waals surface area contributed by atoms with Gasteiger partial charge in [0.2, 0.25) is 11.8 Å². The van der Waals surface area contributed by atoms with Crippen LogP contribution in [0.2, 0.25) is 0 Å². The van der Waals surface area contributed by atoms with Crippen LogP contribution in [0.25, 0.3) is 0 Å². The molecule has 0 saturated carbocycles. The van der Waals surface area contributed by atoms with Crippen LogP contribution in [0.1, 0.15) is 57.2 Å². The highest BCUT2D eigenvalue weighted by Crippen LogP contribution is 2.28. The van der Waals surface area contributed by atoms with Crippen molar-refractivity contribution >= 4 is 23.6 Å². The first kappa shape index (κ1) is 25.1. The Bertz CT molecular complexity index is 1200. The molecule has 3 aliphatic heterocycles. The van der Waals surface area contributed by atoms with Crippen molar-refractivity contribution in [1.82, 2.24) is 25.3 Å². The zero-order chi connectivity index (χ0) is 25.9. The number of likely N-dealkylation sites (N-methyl/N-ethyl adjacent to an activating group) is 1. The normalized spacial score (nSPS) is 20.6. The lowest BCUT2D eigenvalue weighted by molar-refractivity contribution is -0.136. The molecule has 9 nitrogen and oxygen atoms in total. The van der Waals surface area contributed by atoms with Crippen LogP contribution in [0.15, 0.2) is 42.5 Å². The highest BCUT2D eigenvalue weighted by atomic mass is 16.2. The van der Waals surface area contributed by atoms with E-state index in [9.17, 15) is 19.2 Å². The van der Waals surface area contributed by atoms with Crippen molar-refractivity contribution in [3.05, 3.63) is 70.3 Å². The van der Waals surface area contributed by atoms with E-state index >= 15 is 0 Å². The van der Waals surface area contributed by atoms with Gasteiger partial charge in [0.1, 0.15) is 6.04 Å². The van der Waals surface area contributed by atoms with Crippen LogP contribution in [0, 0.1) is 0 Å². The van der Waals surface area contributed by atoms with Gasteiger partial charge in [0.15, 0.2) is 0 Å². The molecule has 1 unspecified atom stereocenters. The number of benzene rings is 2. The maximum absolute atomic E-state index is 12.9. The Balaban J connectivity index is 1.14. The molecule has 5 rings (SSSR count). The molecule has 0 radical (unpaired) electrons. The van der Waals surface area contributed by atoms with Crippen molar-refractivity contribution in [3.8, 4) is 0 Å². The molecule has 0 bridgehead atoms. The van der Waals surface area contributed by atoms with Gasteiger partial charge < -0.3 is 15.1 Å². The summed E-state index contributed by atoms with van der Waals surface area (Å²) in [5, 5.41) is 5.28. The van der Waals surface area contributed by atoms with Crippen molar-refractivity contribution in [3.63, 3.8) is 0 Å². The molecule has 2 saturated heterocycles. The number of hydrogen-bond donors (Lipinski definition) is 2. The number of piperidine rings is 1. The fourth-order valence-corrected chi connectivity index (χ4v) is 5.31. The van der Waals surface area contributed by atoms with E-state index in [4.69, 9.17) is 0 Å². The number of nitrogens with zero attached hydrogens (tertiary/aromatic N) is 3. The molecule has 4 amide bonds. The summed E-state index contributed by atoms with van der Waals surface area (Å²) in [6.07, 6.45) is 0.562. The zero-order valence-corrected chi connectivity index (χ0v) is 21.2. The van der Waals surface area contributed by atoms with E-state index in [0.29, 0.717) is 30.6 Å². The largest absolute Gasteiger partial charge is 0.348 e. The molecule has 0 aliphatic carbocycles. The second-order valence-corrected chi connectivity index (χ2v) is 9.98. The third kappa shape index (κ3) is 5.57. The van der Waals surface area contributed by atoms with Gasteiger partial charge in [0.05, 0.1) is 0 Å². The molecular weight excluding hydrogens is 470 g/mol. The first-order valence-corrected chi connectivity index (χ1v) is 13.0. The van der Waals surface area contributed by atoms with Gasteiger partial charge in [-0.3, -0.25) is 29.4 Å². The second kappa shape index (κ2) is 10.8. The lowest BCUT2D eigenvalue weighted by Crippen LogP contribution is -2.52. The van der Waals surface area contributed by atoms with Gasteiger partial charge in [-0.15, -0.1) is 0 Å². The highest BCUT2D eigenvalue weighted by Gasteiger charge is 2.39. The third-order valence-corrected chi connectivity index (χ3v) is 7.58. The smallest absolute Gasteiger partial charge is 0.255 e. The Morgan fingerprint density at radius 2 is 1.68 bits per heavy atom. The van der Waals surface area contributed by atoms with E-state index in [1.54, 1.807) is 6.07 Å². The van der Waals surface area contributed by atoms with Crippen LogP contribution in [0.3, 0.4) is 0 Å². The van der Waals surface area contributed by atoms with Crippen LogP contribution in [-0.2, 0) is 29.2 Å². The quantitative estimate of drug-likeness (QED) is 0.556. The number of carbonyl (C=O) groups is 4. The Kier molecular flexibility index (Phi) is 7.34. The van der Waals surface area contributed by atoms with Crippen molar-refractivity contribution < 1.29 is 19.2 Å². The minimum Gasteiger partial charge on any atom is -0.348 e. The minimum atomic E-state index is -0.635. The standard InChI is InChI=1S/C28H33N5O4/c1-2-31-11-13-32(14-12-31)17-19-3-6-21(7-4-19)26(35)29-16-20-5-8-23-22(15-20)18-33(28(23)37)24-9-10-25(34)30-27(24)36/h3-8,15,24H,2,9-14,16-18H2,1H3,(H,29,35)(H,30,34,36). The molecule has 9 heteroatoms. The number of piperazine rings is 1. The monoisotopic (exact) mass is 503 g/mol.